The highest BCUT2D eigenvalue weighted by molar-refractivity contribution is 5.88. The van der Waals surface area contributed by atoms with E-state index in [1.807, 2.05) is 0 Å². The molecule has 0 aromatic heterocycles. The third kappa shape index (κ3) is 8.34. The Morgan fingerprint density at radius 2 is 1.23 bits per heavy atom. The molecule has 1 aliphatic carbocycles. The summed E-state index contributed by atoms with van der Waals surface area (Å²) < 4.78 is 0. The lowest BCUT2D eigenvalue weighted by Gasteiger charge is -2.14. The molecule has 0 aliphatic heterocycles. The average molecular weight is 309 g/mol. The van der Waals surface area contributed by atoms with Gasteiger partial charge in [0.2, 0.25) is 0 Å². The average Bonchev–Trinajstić information content (AvgIpc) is 3.26. The van der Waals surface area contributed by atoms with Gasteiger partial charge in [0.15, 0.2) is 0 Å². The van der Waals surface area contributed by atoms with Crippen molar-refractivity contribution in [2.75, 3.05) is 0 Å². The molecule has 0 amide bonds. The van der Waals surface area contributed by atoms with Gasteiger partial charge in [0.1, 0.15) is 5.78 Å². The zero-order chi connectivity index (χ0) is 16.3. The summed E-state index contributed by atoms with van der Waals surface area (Å²) in [5, 5.41) is 0. The minimum absolute atomic E-state index is 0.0799. The van der Waals surface area contributed by atoms with Gasteiger partial charge in [-0.2, -0.15) is 0 Å². The lowest BCUT2D eigenvalue weighted by molar-refractivity contribution is -0.127. The first kappa shape index (κ1) is 19.7. The highest BCUT2D eigenvalue weighted by Gasteiger charge is 2.45. The van der Waals surface area contributed by atoms with Crippen molar-refractivity contribution in [1.29, 1.82) is 0 Å². The molecule has 0 radical (unpaired) electrons. The maximum Gasteiger partial charge on any atom is 0.141 e. The van der Waals surface area contributed by atoms with Gasteiger partial charge in [-0.3, -0.25) is 4.79 Å². The third-order valence-corrected chi connectivity index (χ3v) is 5.53. The molecule has 0 aromatic carbocycles. The molecule has 0 N–H and O–H groups in total. The fraction of sp³-hybridized carbons (Fsp3) is 0.952. The Morgan fingerprint density at radius 1 is 0.818 bits per heavy atom. The predicted octanol–water partition coefficient (Wildman–Crippen LogP) is 7.08. The molecule has 0 aromatic rings. The second-order valence-corrected chi connectivity index (χ2v) is 8.00. The molecule has 1 aliphatic rings. The van der Waals surface area contributed by atoms with Crippen molar-refractivity contribution < 1.29 is 4.79 Å². The summed E-state index contributed by atoms with van der Waals surface area (Å²) in [5.74, 6) is 0.839. The normalized spacial score (nSPS) is 17.4. The lowest BCUT2D eigenvalue weighted by Crippen LogP contribution is -2.20. The minimum Gasteiger partial charge on any atom is -0.299 e. The first-order valence-corrected chi connectivity index (χ1v) is 10.1. The van der Waals surface area contributed by atoms with E-state index in [0.29, 0.717) is 11.7 Å². The summed E-state index contributed by atoms with van der Waals surface area (Å²) >= 11 is 0. The fourth-order valence-electron chi connectivity index (χ4n) is 3.45. The van der Waals surface area contributed by atoms with Crippen LogP contribution in [0.1, 0.15) is 117 Å². The molecule has 0 heterocycles. The van der Waals surface area contributed by atoms with Crippen molar-refractivity contribution in [2.24, 2.45) is 11.3 Å². The SMILES string of the molecule is CCCCCCCCCCCCCCC(C)C(=O)C1(C)CC1. The van der Waals surface area contributed by atoms with Crippen LogP contribution in [-0.2, 0) is 4.79 Å². The van der Waals surface area contributed by atoms with Gasteiger partial charge in [-0.25, -0.2) is 0 Å². The standard InChI is InChI=1S/C21H40O/c1-4-5-6-7-8-9-10-11-12-13-14-15-16-19(2)20(22)21(3)17-18-21/h19H,4-18H2,1-3H3. The third-order valence-electron chi connectivity index (χ3n) is 5.53. The van der Waals surface area contributed by atoms with Crippen LogP contribution in [-0.4, -0.2) is 5.78 Å². The zero-order valence-electron chi connectivity index (χ0n) is 15.6. The molecule has 0 spiro atoms. The van der Waals surface area contributed by atoms with E-state index in [0.717, 1.165) is 19.3 Å². The van der Waals surface area contributed by atoms with Crippen LogP contribution < -0.4 is 0 Å². The molecule has 1 fully saturated rings. The van der Waals surface area contributed by atoms with E-state index in [2.05, 4.69) is 20.8 Å². The van der Waals surface area contributed by atoms with Gasteiger partial charge in [-0.1, -0.05) is 97.8 Å². The Bertz CT molecular complexity index is 290. The van der Waals surface area contributed by atoms with Gasteiger partial charge in [-0.05, 0) is 19.3 Å². The van der Waals surface area contributed by atoms with Crippen molar-refractivity contribution in [1.82, 2.24) is 0 Å². The van der Waals surface area contributed by atoms with Crippen molar-refractivity contribution in [3.63, 3.8) is 0 Å². The molecule has 0 saturated heterocycles. The zero-order valence-corrected chi connectivity index (χ0v) is 15.6. The van der Waals surface area contributed by atoms with Crippen LogP contribution in [0.15, 0.2) is 0 Å². The Kier molecular flexibility index (Phi) is 10.1. The summed E-state index contributed by atoms with van der Waals surface area (Å²) in [7, 11) is 0. The number of Topliss-reactive ketones (excluding diaryl/α,β-unsaturated/α-hetero) is 1. The number of carbonyl (C=O) groups excluding carboxylic acids is 1. The van der Waals surface area contributed by atoms with Crippen LogP contribution in [0, 0.1) is 11.3 Å². The van der Waals surface area contributed by atoms with E-state index in [1.54, 1.807) is 0 Å². The van der Waals surface area contributed by atoms with Crippen molar-refractivity contribution in [3.8, 4) is 0 Å². The number of rotatable bonds is 15. The lowest BCUT2D eigenvalue weighted by atomic mass is 9.89. The van der Waals surface area contributed by atoms with Gasteiger partial charge in [0, 0.05) is 11.3 Å². The van der Waals surface area contributed by atoms with E-state index in [1.165, 1.54) is 77.0 Å². The second kappa shape index (κ2) is 11.2. The van der Waals surface area contributed by atoms with Crippen LogP contribution in [0.3, 0.4) is 0 Å². The van der Waals surface area contributed by atoms with Gasteiger partial charge < -0.3 is 0 Å². The Balaban J connectivity index is 1.81. The van der Waals surface area contributed by atoms with Crippen LogP contribution in [0.5, 0.6) is 0 Å². The Labute approximate surface area is 139 Å². The summed E-state index contributed by atoms with van der Waals surface area (Å²) in [5.41, 5.74) is 0.0799. The Hall–Kier alpha value is -0.330. The van der Waals surface area contributed by atoms with Crippen molar-refractivity contribution in [2.45, 2.75) is 117 Å². The largest absolute Gasteiger partial charge is 0.299 e. The molecule has 1 unspecified atom stereocenters. The van der Waals surface area contributed by atoms with Gasteiger partial charge in [0.05, 0.1) is 0 Å². The van der Waals surface area contributed by atoms with E-state index in [4.69, 9.17) is 0 Å². The predicted molar refractivity (Wildman–Crippen MR) is 97.2 cm³/mol. The molecular weight excluding hydrogens is 268 g/mol. The van der Waals surface area contributed by atoms with E-state index in [-0.39, 0.29) is 5.41 Å². The Morgan fingerprint density at radius 3 is 1.64 bits per heavy atom. The smallest absolute Gasteiger partial charge is 0.141 e. The van der Waals surface area contributed by atoms with E-state index < -0.39 is 0 Å². The molecule has 1 rings (SSSR count). The van der Waals surface area contributed by atoms with Crippen molar-refractivity contribution >= 4 is 5.78 Å². The fourth-order valence-corrected chi connectivity index (χ4v) is 3.45. The van der Waals surface area contributed by atoms with Gasteiger partial charge >= 0.3 is 0 Å². The molecule has 1 atom stereocenters. The van der Waals surface area contributed by atoms with E-state index >= 15 is 0 Å². The first-order valence-electron chi connectivity index (χ1n) is 10.1. The first-order chi connectivity index (χ1) is 10.6. The molecule has 1 heteroatoms. The summed E-state index contributed by atoms with van der Waals surface area (Å²) in [6.45, 7) is 6.57. The number of carbonyl (C=O) groups is 1. The summed E-state index contributed by atoms with van der Waals surface area (Å²) in [6, 6.07) is 0. The van der Waals surface area contributed by atoms with Crippen LogP contribution in [0.2, 0.25) is 0 Å². The van der Waals surface area contributed by atoms with Crippen LogP contribution in [0.25, 0.3) is 0 Å². The maximum atomic E-state index is 12.2. The molecule has 130 valence electrons. The van der Waals surface area contributed by atoms with Gasteiger partial charge in [0.25, 0.3) is 0 Å². The maximum absolute atomic E-state index is 12.2. The molecule has 1 saturated carbocycles. The highest BCUT2D eigenvalue weighted by atomic mass is 16.1. The number of hydrogen-bond acceptors (Lipinski definition) is 1. The topological polar surface area (TPSA) is 17.1 Å². The van der Waals surface area contributed by atoms with E-state index in [9.17, 15) is 4.79 Å². The molecule has 0 bridgehead atoms. The minimum atomic E-state index is 0.0799. The number of ketones is 1. The summed E-state index contributed by atoms with van der Waals surface area (Å²) in [6.07, 6.45) is 20.1. The number of hydrogen-bond donors (Lipinski definition) is 0. The molecule has 22 heavy (non-hydrogen) atoms. The van der Waals surface area contributed by atoms with Gasteiger partial charge in [-0.15, -0.1) is 0 Å². The summed E-state index contributed by atoms with van der Waals surface area (Å²) in [4.78, 5) is 12.2. The quantitative estimate of drug-likeness (QED) is 0.295. The van der Waals surface area contributed by atoms with Crippen LogP contribution in [0.4, 0.5) is 0 Å². The molecular formula is C21H40O. The monoisotopic (exact) mass is 308 g/mol. The highest BCUT2D eigenvalue weighted by Crippen LogP contribution is 2.47. The number of unbranched alkanes of at least 4 members (excludes halogenated alkanes) is 11. The van der Waals surface area contributed by atoms with Crippen molar-refractivity contribution in [3.05, 3.63) is 0 Å². The van der Waals surface area contributed by atoms with Crippen LogP contribution >= 0.6 is 0 Å². The molecule has 1 nitrogen and oxygen atoms in total. The second-order valence-electron chi connectivity index (χ2n) is 8.00.